The van der Waals surface area contributed by atoms with Gasteiger partial charge in [-0.1, -0.05) is 18.2 Å². The Balaban J connectivity index is 1.26. The summed E-state index contributed by atoms with van der Waals surface area (Å²) in [6.07, 6.45) is 3.10. The maximum atomic E-state index is 14.0. The molecule has 4 aromatic rings. The topological polar surface area (TPSA) is 121 Å². The lowest BCUT2D eigenvalue weighted by Crippen LogP contribution is -2.15. The number of hydrogen-bond donors (Lipinski definition) is 3. The fraction of sp³-hybridized carbons (Fsp3) is 0.125. The molecule has 172 valence electrons. The predicted molar refractivity (Wildman–Crippen MR) is 125 cm³/mol. The molecule has 1 fully saturated rings. The van der Waals surface area contributed by atoms with E-state index >= 15 is 0 Å². The van der Waals surface area contributed by atoms with Crippen molar-refractivity contribution < 1.29 is 17.6 Å². The SMILES string of the molecule is O=C(Nc1ccc2c(=O)[nH]cc(F)c2c1)[C@@H]1C[C@H]1c1ccc(S(=O)(=O)Nc2ccccn2)cc1. The number of nitrogens with one attached hydrogen (secondary N) is 3. The smallest absolute Gasteiger partial charge is 0.263 e. The van der Waals surface area contributed by atoms with Crippen molar-refractivity contribution >= 4 is 38.2 Å². The van der Waals surface area contributed by atoms with Crippen LogP contribution in [-0.4, -0.2) is 24.3 Å². The second-order valence-corrected chi connectivity index (χ2v) is 9.74. The third-order valence-corrected chi connectivity index (χ3v) is 7.14. The number of anilines is 2. The van der Waals surface area contributed by atoms with E-state index in [-0.39, 0.29) is 39.2 Å². The fourth-order valence-corrected chi connectivity index (χ4v) is 4.91. The van der Waals surface area contributed by atoms with E-state index in [0.717, 1.165) is 11.8 Å². The largest absolute Gasteiger partial charge is 0.326 e. The van der Waals surface area contributed by atoms with Crippen molar-refractivity contribution in [3.05, 3.63) is 94.8 Å². The molecule has 0 spiro atoms. The minimum Gasteiger partial charge on any atom is -0.326 e. The normalized spacial score (nSPS) is 17.3. The lowest BCUT2D eigenvalue weighted by Gasteiger charge is -2.09. The first-order chi connectivity index (χ1) is 16.3. The molecule has 0 saturated heterocycles. The molecule has 1 amide bonds. The van der Waals surface area contributed by atoms with Crippen LogP contribution >= 0.6 is 0 Å². The highest BCUT2D eigenvalue weighted by Gasteiger charge is 2.44. The van der Waals surface area contributed by atoms with Crippen molar-refractivity contribution in [2.75, 3.05) is 10.0 Å². The molecule has 0 unspecified atom stereocenters. The fourth-order valence-electron chi connectivity index (χ4n) is 3.90. The quantitative estimate of drug-likeness (QED) is 0.391. The molecule has 2 aromatic carbocycles. The molecule has 10 heteroatoms. The molecule has 2 aromatic heterocycles. The summed E-state index contributed by atoms with van der Waals surface area (Å²) in [5.74, 6) is -0.899. The maximum absolute atomic E-state index is 14.0. The van der Waals surface area contributed by atoms with E-state index in [1.54, 1.807) is 36.4 Å². The Kier molecular flexibility index (Phi) is 5.37. The molecule has 34 heavy (non-hydrogen) atoms. The summed E-state index contributed by atoms with van der Waals surface area (Å²) in [7, 11) is -3.78. The zero-order valence-corrected chi connectivity index (χ0v) is 18.5. The number of rotatable bonds is 6. The molecular weight excluding hydrogens is 459 g/mol. The summed E-state index contributed by atoms with van der Waals surface area (Å²) < 4.78 is 41.6. The number of carbonyl (C=O) groups is 1. The van der Waals surface area contributed by atoms with E-state index < -0.39 is 21.4 Å². The molecule has 0 radical (unpaired) electrons. The average molecular weight is 479 g/mol. The van der Waals surface area contributed by atoms with Gasteiger partial charge in [0.25, 0.3) is 15.6 Å². The van der Waals surface area contributed by atoms with Crippen LogP contribution < -0.4 is 15.6 Å². The Labute approximate surface area is 193 Å². The molecule has 3 N–H and O–H groups in total. The van der Waals surface area contributed by atoms with E-state index in [2.05, 4.69) is 20.0 Å². The van der Waals surface area contributed by atoms with Gasteiger partial charge in [0.15, 0.2) is 0 Å². The highest BCUT2D eigenvalue weighted by Crippen LogP contribution is 2.48. The maximum Gasteiger partial charge on any atom is 0.263 e. The Bertz CT molecular complexity index is 1550. The number of aromatic amines is 1. The molecule has 1 saturated carbocycles. The number of aromatic nitrogens is 2. The van der Waals surface area contributed by atoms with Crippen LogP contribution in [0.4, 0.5) is 15.9 Å². The number of pyridine rings is 2. The molecule has 2 heterocycles. The first-order valence-electron chi connectivity index (χ1n) is 10.5. The molecule has 2 atom stereocenters. The Morgan fingerprint density at radius 3 is 2.59 bits per heavy atom. The first-order valence-corrected chi connectivity index (χ1v) is 12.0. The second-order valence-electron chi connectivity index (χ2n) is 8.05. The van der Waals surface area contributed by atoms with Crippen LogP contribution in [0.25, 0.3) is 10.8 Å². The van der Waals surface area contributed by atoms with Gasteiger partial charge in [0, 0.05) is 29.4 Å². The van der Waals surface area contributed by atoms with Crippen molar-refractivity contribution in [2.24, 2.45) is 5.92 Å². The van der Waals surface area contributed by atoms with Crippen LogP contribution in [0.3, 0.4) is 0 Å². The van der Waals surface area contributed by atoms with Crippen LogP contribution in [0.2, 0.25) is 0 Å². The van der Waals surface area contributed by atoms with Crippen LogP contribution in [0.1, 0.15) is 17.9 Å². The standard InChI is InChI=1S/C24H19FN4O4S/c25-21-13-27-23(30)17-9-6-15(11-19(17)21)28-24(31)20-12-18(20)14-4-7-16(8-5-14)34(32,33)29-22-3-1-2-10-26-22/h1-11,13,18,20H,12H2,(H,26,29)(H,27,30)(H,28,31)/t18-,20+/m0/s1. The summed E-state index contributed by atoms with van der Waals surface area (Å²) in [6, 6.07) is 15.8. The van der Waals surface area contributed by atoms with Gasteiger partial charge in [-0.05, 0) is 60.4 Å². The summed E-state index contributed by atoms with van der Waals surface area (Å²) in [5.41, 5.74) is 0.847. The van der Waals surface area contributed by atoms with Crippen molar-refractivity contribution in [3.8, 4) is 0 Å². The van der Waals surface area contributed by atoms with Crippen LogP contribution in [0, 0.1) is 11.7 Å². The Morgan fingerprint density at radius 2 is 1.85 bits per heavy atom. The van der Waals surface area contributed by atoms with E-state index in [9.17, 15) is 22.4 Å². The zero-order valence-electron chi connectivity index (χ0n) is 17.7. The average Bonchev–Trinajstić information content (AvgIpc) is 3.63. The molecule has 0 bridgehead atoms. The van der Waals surface area contributed by atoms with Gasteiger partial charge >= 0.3 is 0 Å². The lowest BCUT2D eigenvalue weighted by molar-refractivity contribution is -0.117. The molecule has 1 aliphatic rings. The number of carbonyl (C=O) groups excluding carboxylic acids is 1. The minimum atomic E-state index is -3.78. The first kappa shape index (κ1) is 21.8. The van der Waals surface area contributed by atoms with Crippen molar-refractivity contribution in [1.82, 2.24) is 9.97 Å². The van der Waals surface area contributed by atoms with Gasteiger partial charge in [-0.3, -0.25) is 14.3 Å². The van der Waals surface area contributed by atoms with E-state index in [1.807, 2.05) is 0 Å². The van der Waals surface area contributed by atoms with Gasteiger partial charge in [-0.2, -0.15) is 0 Å². The van der Waals surface area contributed by atoms with Gasteiger partial charge in [0.1, 0.15) is 11.6 Å². The van der Waals surface area contributed by atoms with Crippen molar-refractivity contribution in [2.45, 2.75) is 17.2 Å². The monoisotopic (exact) mass is 478 g/mol. The Hall–Kier alpha value is -4.05. The number of amides is 1. The molecule has 0 aliphatic heterocycles. The molecular formula is C24H19FN4O4S. The van der Waals surface area contributed by atoms with Crippen LogP contribution in [0.15, 0.2) is 82.7 Å². The minimum absolute atomic E-state index is 0.0412. The zero-order chi connectivity index (χ0) is 23.9. The lowest BCUT2D eigenvalue weighted by atomic mass is 10.1. The number of fused-ring (bicyclic) bond motifs is 1. The summed E-state index contributed by atoms with van der Waals surface area (Å²) in [4.78, 5) is 30.9. The van der Waals surface area contributed by atoms with Crippen LogP contribution in [0.5, 0.6) is 0 Å². The van der Waals surface area contributed by atoms with Crippen LogP contribution in [-0.2, 0) is 14.8 Å². The van der Waals surface area contributed by atoms with Crippen molar-refractivity contribution in [1.29, 1.82) is 0 Å². The van der Waals surface area contributed by atoms with E-state index in [4.69, 9.17) is 0 Å². The Morgan fingerprint density at radius 1 is 1.06 bits per heavy atom. The third-order valence-electron chi connectivity index (χ3n) is 5.77. The molecule has 8 nitrogen and oxygen atoms in total. The highest BCUT2D eigenvalue weighted by atomic mass is 32.2. The van der Waals surface area contributed by atoms with Gasteiger partial charge < -0.3 is 10.3 Å². The molecule has 1 aliphatic carbocycles. The van der Waals surface area contributed by atoms with Gasteiger partial charge in [-0.15, -0.1) is 0 Å². The summed E-state index contributed by atoms with van der Waals surface area (Å²) in [5, 5.41) is 3.11. The summed E-state index contributed by atoms with van der Waals surface area (Å²) in [6.45, 7) is 0. The van der Waals surface area contributed by atoms with Crippen molar-refractivity contribution in [3.63, 3.8) is 0 Å². The van der Waals surface area contributed by atoms with Gasteiger partial charge in [0.05, 0.1) is 10.3 Å². The van der Waals surface area contributed by atoms with E-state index in [0.29, 0.717) is 12.1 Å². The second kappa shape index (κ2) is 8.38. The predicted octanol–water partition coefficient (Wildman–Crippen LogP) is 3.61. The number of sulfonamides is 1. The van der Waals surface area contributed by atoms with E-state index in [1.165, 1.54) is 30.5 Å². The third kappa shape index (κ3) is 4.27. The van der Waals surface area contributed by atoms with Gasteiger partial charge in [0.2, 0.25) is 5.91 Å². The number of benzene rings is 2. The summed E-state index contributed by atoms with van der Waals surface area (Å²) >= 11 is 0. The van der Waals surface area contributed by atoms with Gasteiger partial charge in [-0.25, -0.2) is 17.8 Å². The number of H-pyrrole nitrogens is 1. The number of hydrogen-bond acceptors (Lipinski definition) is 5. The number of nitrogens with zero attached hydrogens (tertiary/aromatic N) is 1. The molecule has 5 rings (SSSR count). The highest BCUT2D eigenvalue weighted by molar-refractivity contribution is 7.92. The number of halogens is 1.